The molecule has 6 nitrogen and oxygen atoms in total. The van der Waals surface area contributed by atoms with Crippen LogP contribution in [0.2, 0.25) is 0 Å². The van der Waals surface area contributed by atoms with E-state index in [4.69, 9.17) is 18.9 Å². The van der Waals surface area contributed by atoms with Crippen molar-refractivity contribution in [2.75, 3.05) is 13.2 Å². The number of aliphatic hydroxyl groups excluding tert-OH is 1. The summed E-state index contributed by atoms with van der Waals surface area (Å²) in [6.45, 7) is 3.40. The van der Waals surface area contributed by atoms with Crippen molar-refractivity contribution < 1.29 is 28.8 Å². The summed E-state index contributed by atoms with van der Waals surface area (Å²) in [5.74, 6) is 1.52. The molecule has 1 N–H and O–H groups in total. The Bertz CT molecular complexity index is 1470. The molecule has 0 fully saturated rings. The van der Waals surface area contributed by atoms with Gasteiger partial charge in [0.15, 0.2) is 0 Å². The Labute approximate surface area is 260 Å². The van der Waals surface area contributed by atoms with Gasteiger partial charge in [-0.05, 0) is 103 Å². The van der Waals surface area contributed by atoms with Crippen LogP contribution >= 0.6 is 0 Å². The number of ether oxygens (including phenoxy) is 4. The number of fused-ring (bicyclic) bond motifs is 2. The molecule has 4 aromatic carbocycles. The fourth-order valence-corrected chi connectivity index (χ4v) is 5.60. The van der Waals surface area contributed by atoms with Gasteiger partial charge in [0, 0.05) is 0 Å². The zero-order chi connectivity index (χ0) is 30.6. The normalized spacial score (nSPS) is 16.9. The summed E-state index contributed by atoms with van der Waals surface area (Å²) >= 11 is 0. The number of benzene rings is 4. The molecule has 230 valence electrons. The van der Waals surface area contributed by atoms with E-state index in [1.165, 1.54) is 27.8 Å². The number of carbonyl (C=O) groups is 1. The second kappa shape index (κ2) is 16.1. The van der Waals surface area contributed by atoms with Crippen LogP contribution in [0.3, 0.4) is 0 Å². The lowest BCUT2D eigenvalue weighted by Crippen LogP contribution is -2.26. The molecule has 2 atom stereocenters. The van der Waals surface area contributed by atoms with E-state index in [1.807, 2.05) is 48.5 Å². The summed E-state index contributed by atoms with van der Waals surface area (Å²) in [6.07, 6.45) is 5.15. The molecular formula is C38H42O6. The maximum absolute atomic E-state index is 11.4. The van der Waals surface area contributed by atoms with Crippen molar-refractivity contribution in [3.05, 3.63) is 130 Å². The largest absolute Gasteiger partial charge is 0.489 e. The molecule has 4 aromatic rings. The molecule has 0 heterocycles. The highest BCUT2D eigenvalue weighted by molar-refractivity contribution is 5.70. The first-order valence-corrected chi connectivity index (χ1v) is 15.6. The van der Waals surface area contributed by atoms with Crippen LogP contribution in [-0.4, -0.2) is 36.5 Å². The second-order valence-electron chi connectivity index (χ2n) is 11.3. The van der Waals surface area contributed by atoms with Crippen molar-refractivity contribution in [3.8, 4) is 11.5 Å². The van der Waals surface area contributed by atoms with Gasteiger partial charge in [-0.25, -0.2) is 4.79 Å². The van der Waals surface area contributed by atoms with Crippen LogP contribution in [0.15, 0.2) is 97.1 Å². The quantitative estimate of drug-likeness (QED) is 0.203. The van der Waals surface area contributed by atoms with Crippen molar-refractivity contribution in [1.82, 2.24) is 0 Å². The van der Waals surface area contributed by atoms with Crippen LogP contribution in [0, 0.1) is 0 Å². The van der Waals surface area contributed by atoms with E-state index in [-0.39, 0.29) is 24.8 Å². The molecular weight excluding hydrogens is 552 g/mol. The molecule has 0 radical (unpaired) electrons. The van der Waals surface area contributed by atoms with Gasteiger partial charge in [0.1, 0.15) is 31.3 Å². The molecule has 6 rings (SSSR count). The van der Waals surface area contributed by atoms with Crippen molar-refractivity contribution in [3.63, 3.8) is 0 Å². The highest BCUT2D eigenvalue weighted by Crippen LogP contribution is 2.28. The molecule has 0 saturated carbocycles. The van der Waals surface area contributed by atoms with E-state index < -0.39 is 0 Å². The van der Waals surface area contributed by atoms with Gasteiger partial charge in [-0.3, -0.25) is 0 Å². The van der Waals surface area contributed by atoms with Crippen LogP contribution in [0.1, 0.15) is 53.1 Å². The van der Waals surface area contributed by atoms with E-state index >= 15 is 0 Å². The van der Waals surface area contributed by atoms with E-state index in [9.17, 15) is 9.90 Å². The third-order valence-electron chi connectivity index (χ3n) is 7.98. The average Bonchev–Trinajstić information content (AvgIpc) is 3.06. The number of aliphatic hydroxyl groups is 1. The minimum absolute atomic E-state index is 0.0338. The Hall–Kier alpha value is -4.13. The zero-order valence-corrected chi connectivity index (χ0v) is 25.5. The first-order valence-electron chi connectivity index (χ1n) is 15.6. The number of hydrogen-bond acceptors (Lipinski definition) is 6. The lowest BCUT2D eigenvalue weighted by atomic mass is 9.89. The van der Waals surface area contributed by atoms with E-state index in [1.54, 1.807) is 6.92 Å². The number of rotatable bonds is 10. The molecule has 0 bridgehead atoms. The number of esters is 1. The predicted octanol–water partition coefficient (Wildman–Crippen LogP) is 6.82. The van der Waals surface area contributed by atoms with Gasteiger partial charge in [-0.15, -0.1) is 0 Å². The second-order valence-corrected chi connectivity index (χ2v) is 11.3. The lowest BCUT2D eigenvalue weighted by Gasteiger charge is -2.25. The summed E-state index contributed by atoms with van der Waals surface area (Å²) in [7, 11) is 0. The lowest BCUT2D eigenvalue weighted by molar-refractivity contribution is -0.150. The number of aryl methyl sites for hydroxylation is 2. The van der Waals surface area contributed by atoms with Crippen molar-refractivity contribution in [2.24, 2.45) is 0 Å². The third kappa shape index (κ3) is 9.43. The number of carbonyl (C=O) groups excluding carboxylic acids is 1. The van der Waals surface area contributed by atoms with Gasteiger partial charge in [0.05, 0.1) is 18.8 Å². The molecule has 44 heavy (non-hydrogen) atoms. The smallest absolute Gasteiger partial charge is 0.332 e. The fourth-order valence-electron chi connectivity index (χ4n) is 5.60. The predicted molar refractivity (Wildman–Crippen MR) is 171 cm³/mol. The van der Waals surface area contributed by atoms with Gasteiger partial charge in [-0.1, -0.05) is 72.8 Å². The molecule has 0 saturated heterocycles. The average molecular weight is 595 g/mol. The molecule has 2 aliphatic carbocycles. The van der Waals surface area contributed by atoms with Gasteiger partial charge >= 0.3 is 5.97 Å². The maximum Gasteiger partial charge on any atom is 0.332 e. The standard InChI is InChI=1S/C21H24O4.C17H18O2/c1-2-23-21(22)15-25-20-11-9-17-12-19(10-8-18(17)13-20)24-14-16-6-4-3-5-7-16;18-16-8-6-15-11-17(9-7-14(15)10-16)19-12-13-4-2-1-3-5-13/h3-8,10,12,20H,2,9,11,13-15H2,1H3;1-5,7,9,11,16,18H,6,8,10,12H2. The summed E-state index contributed by atoms with van der Waals surface area (Å²) in [6, 6.07) is 32.8. The van der Waals surface area contributed by atoms with Crippen LogP contribution in [0.5, 0.6) is 11.5 Å². The first kappa shape index (κ1) is 31.3. The van der Waals surface area contributed by atoms with Crippen molar-refractivity contribution >= 4 is 5.97 Å². The molecule has 0 spiro atoms. The SMILES string of the molecule is CCOC(=O)COC1CCc2cc(OCc3ccccc3)ccc2C1.OC1CCc2cc(OCc3ccccc3)ccc2C1. The summed E-state index contributed by atoms with van der Waals surface area (Å²) in [4.78, 5) is 11.4. The summed E-state index contributed by atoms with van der Waals surface area (Å²) < 4.78 is 22.3. The molecule has 2 aliphatic rings. The minimum atomic E-state index is -0.294. The Balaban J connectivity index is 0.000000181. The first-order chi connectivity index (χ1) is 21.6. The van der Waals surface area contributed by atoms with Crippen molar-refractivity contribution in [2.45, 2.75) is 70.9 Å². The molecule has 0 aliphatic heterocycles. The van der Waals surface area contributed by atoms with E-state index in [2.05, 4.69) is 48.5 Å². The zero-order valence-electron chi connectivity index (χ0n) is 25.5. The maximum atomic E-state index is 11.4. The highest BCUT2D eigenvalue weighted by atomic mass is 16.6. The van der Waals surface area contributed by atoms with Crippen LogP contribution in [-0.2, 0) is 53.2 Å². The van der Waals surface area contributed by atoms with Gasteiger partial charge in [0.2, 0.25) is 0 Å². The van der Waals surface area contributed by atoms with Gasteiger partial charge in [0.25, 0.3) is 0 Å². The Kier molecular flexibility index (Phi) is 11.4. The van der Waals surface area contributed by atoms with Crippen LogP contribution < -0.4 is 9.47 Å². The summed E-state index contributed by atoms with van der Waals surface area (Å²) in [5, 5.41) is 9.65. The molecule has 2 unspecified atom stereocenters. The van der Waals surface area contributed by atoms with Crippen molar-refractivity contribution in [1.29, 1.82) is 0 Å². The monoisotopic (exact) mass is 594 g/mol. The Morgan fingerprint density at radius 2 is 1.25 bits per heavy atom. The van der Waals surface area contributed by atoms with Crippen LogP contribution in [0.25, 0.3) is 0 Å². The Morgan fingerprint density at radius 1 is 0.705 bits per heavy atom. The molecule has 0 aromatic heterocycles. The number of hydrogen-bond donors (Lipinski definition) is 1. The minimum Gasteiger partial charge on any atom is -0.489 e. The molecule has 6 heteroatoms. The molecule has 0 amide bonds. The van der Waals surface area contributed by atoms with Gasteiger partial charge < -0.3 is 24.1 Å². The van der Waals surface area contributed by atoms with E-state index in [0.717, 1.165) is 55.6 Å². The van der Waals surface area contributed by atoms with Gasteiger partial charge in [-0.2, -0.15) is 0 Å². The Morgan fingerprint density at radius 3 is 1.82 bits per heavy atom. The highest BCUT2D eigenvalue weighted by Gasteiger charge is 2.21. The van der Waals surface area contributed by atoms with Crippen LogP contribution in [0.4, 0.5) is 0 Å². The fraction of sp³-hybridized carbons (Fsp3) is 0.342. The third-order valence-corrected chi connectivity index (χ3v) is 7.98. The topological polar surface area (TPSA) is 74.2 Å². The summed E-state index contributed by atoms with van der Waals surface area (Å²) in [5.41, 5.74) is 7.48. The van der Waals surface area contributed by atoms with E-state index in [0.29, 0.717) is 19.8 Å².